The monoisotopic (exact) mass is 353 g/mol. The summed E-state index contributed by atoms with van der Waals surface area (Å²) in [5, 5.41) is 1.20. The van der Waals surface area contributed by atoms with E-state index in [2.05, 4.69) is 31.0 Å². The molecule has 0 N–H and O–H groups in total. The lowest BCUT2D eigenvalue weighted by atomic mass is 9.78. The van der Waals surface area contributed by atoms with E-state index >= 15 is 0 Å². The van der Waals surface area contributed by atoms with Crippen LogP contribution in [0.25, 0.3) is 11.0 Å². The van der Waals surface area contributed by atoms with Gasteiger partial charge in [-0.1, -0.05) is 43.4 Å². The molecular formula is C22H27NO3. The van der Waals surface area contributed by atoms with E-state index in [1.807, 2.05) is 36.6 Å². The molecule has 1 aromatic heterocycles. The summed E-state index contributed by atoms with van der Waals surface area (Å²) < 4.78 is 10.4. The summed E-state index contributed by atoms with van der Waals surface area (Å²) in [6.45, 7) is 4.16. The minimum Gasteiger partial charge on any atom is -0.465 e. The zero-order valence-electron chi connectivity index (χ0n) is 15.8. The number of carbonyl (C=O) groups is 1. The minimum atomic E-state index is -0.254. The van der Waals surface area contributed by atoms with Crippen LogP contribution in [0.1, 0.15) is 31.7 Å². The second-order valence-corrected chi connectivity index (χ2v) is 7.44. The molecule has 1 aliphatic carbocycles. The molecule has 0 bridgehead atoms. The third-order valence-corrected chi connectivity index (χ3v) is 5.16. The van der Waals surface area contributed by atoms with E-state index in [1.54, 1.807) is 0 Å². The number of fused-ring (bicyclic) bond motifs is 1. The van der Waals surface area contributed by atoms with Crippen LogP contribution in [0, 0.1) is 5.41 Å². The summed E-state index contributed by atoms with van der Waals surface area (Å²) in [6, 6.07) is 8.16. The van der Waals surface area contributed by atoms with Gasteiger partial charge in [0, 0.05) is 17.5 Å². The van der Waals surface area contributed by atoms with Crippen molar-refractivity contribution < 1.29 is 13.9 Å². The molecule has 1 atom stereocenters. The van der Waals surface area contributed by atoms with Crippen molar-refractivity contribution in [3.8, 4) is 0 Å². The Labute approximate surface area is 155 Å². The van der Waals surface area contributed by atoms with Crippen molar-refractivity contribution in [1.82, 2.24) is 4.90 Å². The predicted molar refractivity (Wildman–Crippen MR) is 104 cm³/mol. The van der Waals surface area contributed by atoms with Crippen LogP contribution in [0.3, 0.4) is 0 Å². The van der Waals surface area contributed by atoms with Gasteiger partial charge in [-0.15, -0.1) is 0 Å². The standard InChI is InChI=1S/C22H27NO3/c1-22(12-9-17(10-13-22)21(24)25-3)11-6-14-23(2)15-18-16-26-20-8-5-4-7-19(18)20/h4-5,7-10,12,16H,6,11,13-15H2,1-3H3. The first-order valence-electron chi connectivity index (χ1n) is 9.12. The largest absolute Gasteiger partial charge is 0.465 e. The predicted octanol–water partition coefficient (Wildman–Crippen LogP) is 4.71. The van der Waals surface area contributed by atoms with Crippen molar-refractivity contribution in [2.24, 2.45) is 5.41 Å². The first-order chi connectivity index (χ1) is 12.5. The van der Waals surface area contributed by atoms with Crippen molar-refractivity contribution >= 4 is 16.9 Å². The highest BCUT2D eigenvalue weighted by molar-refractivity contribution is 5.91. The minimum absolute atomic E-state index is 0.112. The fraction of sp³-hybridized carbons (Fsp3) is 0.409. The van der Waals surface area contributed by atoms with E-state index in [9.17, 15) is 4.79 Å². The Kier molecular flexibility index (Phi) is 5.62. The highest BCUT2D eigenvalue weighted by Gasteiger charge is 2.24. The van der Waals surface area contributed by atoms with E-state index < -0.39 is 0 Å². The molecule has 26 heavy (non-hydrogen) atoms. The number of esters is 1. The average Bonchev–Trinajstić information content (AvgIpc) is 3.04. The van der Waals surface area contributed by atoms with Gasteiger partial charge in [-0.3, -0.25) is 0 Å². The van der Waals surface area contributed by atoms with Gasteiger partial charge in [0.1, 0.15) is 5.58 Å². The number of hydrogen-bond donors (Lipinski definition) is 0. The quantitative estimate of drug-likeness (QED) is 0.676. The molecule has 138 valence electrons. The molecule has 2 aromatic rings. The van der Waals surface area contributed by atoms with Gasteiger partial charge >= 0.3 is 5.97 Å². The maximum Gasteiger partial charge on any atom is 0.337 e. The molecule has 0 spiro atoms. The molecule has 1 aromatic carbocycles. The molecule has 0 radical (unpaired) electrons. The smallest absolute Gasteiger partial charge is 0.337 e. The third-order valence-electron chi connectivity index (χ3n) is 5.16. The Balaban J connectivity index is 1.48. The Morgan fingerprint density at radius 1 is 1.35 bits per heavy atom. The number of methoxy groups -OCH3 is 1. The fourth-order valence-corrected chi connectivity index (χ4v) is 3.50. The lowest BCUT2D eigenvalue weighted by molar-refractivity contribution is -0.135. The van der Waals surface area contributed by atoms with E-state index in [-0.39, 0.29) is 11.4 Å². The Hall–Kier alpha value is -2.33. The molecule has 4 heteroatoms. The highest BCUT2D eigenvalue weighted by atomic mass is 16.5. The van der Waals surface area contributed by atoms with Crippen LogP contribution >= 0.6 is 0 Å². The highest BCUT2D eigenvalue weighted by Crippen LogP contribution is 2.34. The number of rotatable bonds is 7. The lowest BCUT2D eigenvalue weighted by Gasteiger charge is -2.28. The Bertz CT molecular complexity index is 833. The number of nitrogens with zero attached hydrogens (tertiary/aromatic N) is 1. The fourth-order valence-electron chi connectivity index (χ4n) is 3.50. The van der Waals surface area contributed by atoms with E-state index in [1.165, 1.54) is 18.1 Å². The second kappa shape index (κ2) is 7.92. The van der Waals surface area contributed by atoms with Gasteiger partial charge in [0.05, 0.1) is 18.9 Å². The van der Waals surface area contributed by atoms with Gasteiger partial charge in [-0.05, 0) is 44.3 Å². The van der Waals surface area contributed by atoms with Crippen LogP contribution in [0.15, 0.2) is 58.7 Å². The SMILES string of the molecule is COC(=O)C1=CCC(C)(CCCN(C)Cc2coc3ccccc23)C=C1. The molecule has 0 aliphatic heterocycles. The number of ether oxygens (including phenoxy) is 1. The van der Waals surface area contributed by atoms with Crippen LogP contribution in [0.5, 0.6) is 0 Å². The number of allylic oxidation sites excluding steroid dienone is 2. The molecule has 4 nitrogen and oxygen atoms in total. The number of benzene rings is 1. The Morgan fingerprint density at radius 3 is 2.88 bits per heavy atom. The van der Waals surface area contributed by atoms with E-state index in [0.29, 0.717) is 5.57 Å². The van der Waals surface area contributed by atoms with E-state index in [0.717, 1.165) is 37.9 Å². The normalized spacial score (nSPS) is 19.8. The molecule has 0 amide bonds. The molecule has 1 unspecified atom stereocenters. The summed E-state index contributed by atoms with van der Waals surface area (Å²) in [4.78, 5) is 13.9. The van der Waals surface area contributed by atoms with Crippen LogP contribution < -0.4 is 0 Å². The van der Waals surface area contributed by atoms with Crippen LogP contribution in [0.2, 0.25) is 0 Å². The second-order valence-electron chi connectivity index (χ2n) is 7.44. The van der Waals surface area contributed by atoms with Gasteiger partial charge in [0.2, 0.25) is 0 Å². The van der Waals surface area contributed by atoms with Crippen molar-refractivity contribution in [2.45, 2.75) is 32.7 Å². The summed E-state index contributed by atoms with van der Waals surface area (Å²) in [6.07, 6.45) is 11.0. The number of para-hydroxylation sites is 1. The van der Waals surface area contributed by atoms with Gasteiger partial charge < -0.3 is 14.1 Å². The number of hydrogen-bond acceptors (Lipinski definition) is 4. The Morgan fingerprint density at radius 2 is 2.15 bits per heavy atom. The molecular weight excluding hydrogens is 326 g/mol. The van der Waals surface area contributed by atoms with Gasteiger partial charge in [-0.2, -0.15) is 0 Å². The van der Waals surface area contributed by atoms with Crippen LogP contribution in [-0.4, -0.2) is 31.6 Å². The molecule has 3 rings (SSSR count). The summed E-state index contributed by atoms with van der Waals surface area (Å²) >= 11 is 0. The summed E-state index contributed by atoms with van der Waals surface area (Å²) in [7, 11) is 3.57. The maximum atomic E-state index is 11.6. The van der Waals surface area contributed by atoms with Crippen molar-refractivity contribution in [3.63, 3.8) is 0 Å². The van der Waals surface area contributed by atoms with Crippen LogP contribution in [0.4, 0.5) is 0 Å². The molecule has 1 heterocycles. The zero-order valence-corrected chi connectivity index (χ0v) is 15.8. The van der Waals surface area contributed by atoms with Crippen molar-refractivity contribution in [3.05, 3.63) is 59.9 Å². The van der Waals surface area contributed by atoms with Gasteiger partial charge in [-0.25, -0.2) is 4.79 Å². The van der Waals surface area contributed by atoms with Gasteiger partial charge in [0.25, 0.3) is 0 Å². The lowest BCUT2D eigenvalue weighted by Crippen LogP contribution is -2.22. The average molecular weight is 353 g/mol. The third kappa shape index (κ3) is 4.25. The molecule has 1 aliphatic rings. The summed E-state index contributed by atoms with van der Waals surface area (Å²) in [5.74, 6) is -0.254. The number of furan rings is 1. The molecule has 0 saturated heterocycles. The van der Waals surface area contributed by atoms with Crippen molar-refractivity contribution in [1.29, 1.82) is 0 Å². The zero-order chi connectivity index (χ0) is 18.6. The summed E-state index contributed by atoms with van der Waals surface area (Å²) in [5.41, 5.74) is 2.95. The molecule has 0 fully saturated rings. The van der Waals surface area contributed by atoms with Gasteiger partial charge in [0.15, 0.2) is 0 Å². The topological polar surface area (TPSA) is 42.7 Å². The molecule has 0 saturated carbocycles. The number of carbonyl (C=O) groups excluding carboxylic acids is 1. The maximum absolute atomic E-state index is 11.6. The van der Waals surface area contributed by atoms with E-state index in [4.69, 9.17) is 9.15 Å². The van der Waals surface area contributed by atoms with Crippen molar-refractivity contribution in [2.75, 3.05) is 20.7 Å². The van der Waals surface area contributed by atoms with Crippen LogP contribution in [-0.2, 0) is 16.1 Å². The first kappa shape index (κ1) is 18.5. The first-order valence-corrected chi connectivity index (χ1v) is 9.12.